The highest BCUT2D eigenvalue weighted by Crippen LogP contribution is 2.46. The van der Waals surface area contributed by atoms with Crippen LogP contribution in [0.4, 0.5) is 0 Å². The van der Waals surface area contributed by atoms with Crippen molar-refractivity contribution >= 4 is 27.8 Å². The molecule has 2 aliphatic heterocycles. The molecule has 0 saturated carbocycles. The molecule has 4 unspecified atom stereocenters. The third kappa shape index (κ3) is 16.0. The molecular weight excluding hydrogens is 921 g/mol. The third-order valence-corrected chi connectivity index (χ3v) is 16.5. The van der Waals surface area contributed by atoms with Gasteiger partial charge in [-0.2, -0.15) is 0 Å². The summed E-state index contributed by atoms with van der Waals surface area (Å²) in [4.78, 5) is 21.6. The second kappa shape index (κ2) is 31.8. The molecular formula is C64H102N4O6. The van der Waals surface area contributed by atoms with E-state index in [2.05, 4.69) is 127 Å². The summed E-state index contributed by atoms with van der Waals surface area (Å²) in [7, 11) is 10.6. The fraction of sp³-hybridized carbons (Fsp3) is 0.672. The number of nitrogens with zero attached hydrogens (tertiary/aromatic N) is 4. The lowest BCUT2D eigenvalue weighted by atomic mass is 9.97. The van der Waals surface area contributed by atoms with Crippen molar-refractivity contribution in [2.45, 2.75) is 170 Å². The van der Waals surface area contributed by atoms with Crippen molar-refractivity contribution in [3.63, 3.8) is 0 Å². The minimum absolute atomic E-state index is 0.217. The van der Waals surface area contributed by atoms with E-state index in [9.17, 15) is 4.79 Å². The predicted molar refractivity (Wildman–Crippen MR) is 311 cm³/mol. The summed E-state index contributed by atoms with van der Waals surface area (Å²) in [6, 6.07) is 17.0. The van der Waals surface area contributed by atoms with Gasteiger partial charge >= 0.3 is 0 Å². The highest BCUT2D eigenvalue weighted by Gasteiger charge is 2.34. The van der Waals surface area contributed by atoms with Gasteiger partial charge in [0.2, 0.25) is 0 Å². The SMILES string of the molecule is CCCCC(CC)COc1c(C2N(C)CCN2C)ccc2c(OCC(CC)CCCC)c(C3N(C)CCN3C)ccc12.CCCCC(CC)COc1c(C=O)ccc2c(OCC(CC)CCCC)c(OC)ccc12. The Kier molecular flexibility index (Phi) is 26.1. The van der Waals surface area contributed by atoms with Crippen molar-refractivity contribution in [3.05, 3.63) is 65.2 Å². The molecule has 74 heavy (non-hydrogen) atoms. The molecule has 2 saturated heterocycles. The van der Waals surface area contributed by atoms with E-state index in [-0.39, 0.29) is 12.3 Å². The molecule has 6 rings (SSSR count). The van der Waals surface area contributed by atoms with Gasteiger partial charge in [-0.25, -0.2) is 0 Å². The molecule has 4 atom stereocenters. The van der Waals surface area contributed by atoms with E-state index in [1.165, 1.54) is 92.5 Å². The van der Waals surface area contributed by atoms with Gasteiger partial charge in [0, 0.05) is 58.9 Å². The van der Waals surface area contributed by atoms with Gasteiger partial charge in [-0.1, -0.05) is 145 Å². The Bertz CT molecular complexity index is 2160. The first kappa shape index (κ1) is 60.8. The summed E-state index contributed by atoms with van der Waals surface area (Å²) in [6.45, 7) is 25.1. The third-order valence-electron chi connectivity index (χ3n) is 16.5. The lowest BCUT2D eigenvalue weighted by Crippen LogP contribution is -2.27. The van der Waals surface area contributed by atoms with Crippen molar-refractivity contribution in [2.24, 2.45) is 23.7 Å². The molecule has 0 spiro atoms. The largest absolute Gasteiger partial charge is 0.493 e. The Morgan fingerprint density at radius 2 is 0.757 bits per heavy atom. The molecule has 0 radical (unpaired) electrons. The Morgan fingerprint density at radius 1 is 0.446 bits per heavy atom. The Labute approximate surface area is 450 Å². The molecule has 10 nitrogen and oxygen atoms in total. The first-order chi connectivity index (χ1) is 36.0. The standard InChI is InChI=1S/C36H60N4O2.C28H42O4/c1-9-13-15-27(11-3)25-41-33-29-17-20-32(36-39(7)23-24-40(36)8)34(42-26-28(12-4)16-14-10-2)30(29)18-19-31(33)35-37(5)21-22-38(35)6;1-6-10-12-21(8-3)19-31-27-23(18-29)14-15-25-24(27)16-17-26(30-5)28(25)32-20-22(9-4)13-11-7-2/h17-20,27-28,35-36H,9-16,21-26H2,1-8H3;14-18,21-22H,6-13,19-20H2,1-5H3. The van der Waals surface area contributed by atoms with E-state index in [0.29, 0.717) is 53.9 Å². The Morgan fingerprint density at radius 3 is 1.09 bits per heavy atom. The molecule has 2 aliphatic rings. The maximum atomic E-state index is 11.8. The molecule has 0 amide bonds. The van der Waals surface area contributed by atoms with Crippen LogP contribution in [-0.2, 0) is 0 Å². The van der Waals surface area contributed by atoms with Crippen LogP contribution in [0.15, 0.2) is 48.5 Å². The number of unbranched alkanes of at least 4 members (excludes halogenated alkanes) is 4. The van der Waals surface area contributed by atoms with Crippen LogP contribution in [-0.4, -0.2) is 114 Å². The molecule has 0 N–H and O–H groups in total. The van der Waals surface area contributed by atoms with Gasteiger partial charge < -0.3 is 23.7 Å². The molecule has 2 fully saturated rings. The number of methoxy groups -OCH3 is 1. The molecule has 414 valence electrons. The quantitative estimate of drug-likeness (QED) is 0.0442. The van der Waals surface area contributed by atoms with Crippen LogP contribution in [0.25, 0.3) is 21.5 Å². The summed E-state index contributed by atoms with van der Waals surface area (Å²) in [5, 5.41) is 4.21. The van der Waals surface area contributed by atoms with Crippen molar-refractivity contribution in [2.75, 3.05) is 87.9 Å². The fourth-order valence-electron chi connectivity index (χ4n) is 11.2. The molecule has 0 bridgehead atoms. The number of rotatable bonds is 32. The van der Waals surface area contributed by atoms with Gasteiger partial charge in [-0.3, -0.25) is 24.4 Å². The van der Waals surface area contributed by atoms with E-state index in [1.807, 2.05) is 24.3 Å². The Hall–Kier alpha value is -4.09. The monoisotopic (exact) mass is 1020 g/mol. The van der Waals surface area contributed by atoms with Crippen molar-refractivity contribution < 1.29 is 28.5 Å². The van der Waals surface area contributed by atoms with Crippen molar-refractivity contribution in [3.8, 4) is 28.7 Å². The average molecular weight is 1020 g/mol. The van der Waals surface area contributed by atoms with E-state index in [4.69, 9.17) is 23.7 Å². The van der Waals surface area contributed by atoms with Crippen molar-refractivity contribution in [1.82, 2.24) is 19.6 Å². The number of carbonyl (C=O) groups is 1. The predicted octanol–water partition coefficient (Wildman–Crippen LogP) is 15.6. The van der Waals surface area contributed by atoms with Gasteiger partial charge in [-0.05, 0) is 114 Å². The summed E-state index contributed by atoms with van der Waals surface area (Å²) in [6.07, 6.45) is 20.3. The van der Waals surface area contributed by atoms with E-state index in [0.717, 1.165) is 106 Å². The lowest BCUT2D eigenvalue weighted by molar-refractivity contribution is 0.111. The lowest BCUT2D eigenvalue weighted by Gasteiger charge is -2.31. The van der Waals surface area contributed by atoms with Crippen molar-refractivity contribution in [1.29, 1.82) is 0 Å². The zero-order chi connectivity index (χ0) is 53.6. The topological polar surface area (TPSA) is 76.2 Å². The van der Waals surface area contributed by atoms with Crippen LogP contribution in [0.5, 0.6) is 28.7 Å². The number of aldehydes is 1. The number of benzene rings is 4. The first-order valence-electron chi connectivity index (χ1n) is 29.5. The second-order valence-electron chi connectivity index (χ2n) is 21.9. The normalized spacial score (nSPS) is 16.8. The summed E-state index contributed by atoms with van der Waals surface area (Å²) < 4.78 is 32.1. The van der Waals surface area contributed by atoms with Crippen LogP contribution in [0.2, 0.25) is 0 Å². The van der Waals surface area contributed by atoms with Crippen LogP contribution < -0.4 is 23.7 Å². The smallest absolute Gasteiger partial charge is 0.169 e. The minimum Gasteiger partial charge on any atom is -0.493 e. The number of likely N-dealkylation sites (N-methyl/N-ethyl adjacent to an activating group) is 4. The van der Waals surface area contributed by atoms with E-state index < -0.39 is 0 Å². The molecule has 4 aromatic carbocycles. The zero-order valence-corrected chi connectivity index (χ0v) is 48.9. The highest BCUT2D eigenvalue weighted by molar-refractivity contribution is 6.00. The van der Waals surface area contributed by atoms with Gasteiger partial charge in [0.1, 0.15) is 17.2 Å². The van der Waals surface area contributed by atoms with Crippen LogP contribution in [0, 0.1) is 23.7 Å². The minimum atomic E-state index is 0.217. The number of hydrogen-bond acceptors (Lipinski definition) is 10. The zero-order valence-electron chi connectivity index (χ0n) is 48.9. The number of fused-ring (bicyclic) bond motifs is 2. The summed E-state index contributed by atoms with van der Waals surface area (Å²) in [5.74, 6) is 6.36. The molecule has 10 heteroatoms. The van der Waals surface area contributed by atoms with Crippen LogP contribution in [0.3, 0.4) is 0 Å². The number of carbonyl (C=O) groups excluding carboxylic acids is 1. The number of hydrogen-bond donors (Lipinski definition) is 0. The molecule has 2 heterocycles. The van der Waals surface area contributed by atoms with Gasteiger partial charge in [-0.15, -0.1) is 0 Å². The van der Waals surface area contributed by atoms with Gasteiger partial charge in [0.05, 0.1) is 51.4 Å². The van der Waals surface area contributed by atoms with Gasteiger partial charge in [0.25, 0.3) is 0 Å². The molecule has 4 aromatic rings. The van der Waals surface area contributed by atoms with E-state index in [1.54, 1.807) is 7.11 Å². The maximum absolute atomic E-state index is 11.8. The number of ether oxygens (including phenoxy) is 5. The fourth-order valence-corrected chi connectivity index (χ4v) is 11.2. The summed E-state index contributed by atoms with van der Waals surface area (Å²) in [5.41, 5.74) is 3.13. The first-order valence-corrected chi connectivity index (χ1v) is 29.5. The van der Waals surface area contributed by atoms with Crippen LogP contribution in [0.1, 0.15) is 192 Å². The maximum Gasteiger partial charge on any atom is 0.169 e. The highest BCUT2D eigenvalue weighted by atomic mass is 16.5. The molecule has 0 aromatic heterocycles. The van der Waals surface area contributed by atoms with Crippen LogP contribution >= 0.6 is 0 Å². The van der Waals surface area contributed by atoms with Gasteiger partial charge in [0.15, 0.2) is 17.8 Å². The van der Waals surface area contributed by atoms with E-state index >= 15 is 0 Å². The Balaban J connectivity index is 0.000000285. The second-order valence-corrected chi connectivity index (χ2v) is 21.9. The average Bonchev–Trinajstić information content (AvgIpc) is 3.94. The molecule has 0 aliphatic carbocycles. The summed E-state index contributed by atoms with van der Waals surface area (Å²) >= 11 is 0.